The fourth-order valence-corrected chi connectivity index (χ4v) is 3.34. The van der Waals surface area contributed by atoms with Gasteiger partial charge in [0.05, 0.1) is 0 Å². The molecule has 0 saturated carbocycles. The molecular formula is C23H20O2S. The lowest BCUT2D eigenvalue weighted by atomic mass is 10.1. The fourth-order valence-electron chi connectivity index (χ4n) is 2.42. The van der Waals surface area contributed by atoms with Gasteiger partial charge < -0.3 is 4.74 Å². The summed E-state index contributed by atoms with van der Waals surface area (Å²) < 4.78 is 5.37. The maximum absolute atomic E-state index is 12.2. The first-order valence-corrected chi connectivity index (χ1v) is 9.41. The lowest BCUT2D eigenvalue weighted by molar-refractivity contribution is -0.130. The Morgan fingerprint density at radius 1 is 0.923 bits per heavy atom. The molecule has 0 N–H and O–H groups in total. The van der Waals surface area contributed by atoms with Crippen LogP contribution in [-0.2, 0) is 10.5 Å². The van der Waals surface area contributed by atoms with Gasteiger partial charge in [0, 0.05) is 16.2 Å². The van der Waals surface area contributed by atoms with Gasteiger partial charge in [-0.05, 0) is 48.4 Å². The van der Waals surface area contributed by atoms with Crippen molar-refractivity contribution in [3.8, 4) is 5.75 Å². The Bertz CT molecular complexity index is 886. The van der Waals surface area contributed by atoms with E-state index < -0.39 is 0 Å². The van der Waals surface area contributed by atoms with Gasteiger partial charge in [-0.3, -0.25) is 0 Å². The van der Waals surface area contributed by atoms with Crippen LogP contribution in [0, 0.1) is 0 Å². The van der Waals surface area contributed by atoms with Gasteiger partial charge in [0.25, 0.3) is 0 Å². The number of thioether (sulfide) groups is 1. The monoisotopic (exact) mass is 360 g/mol. The van der Waals surface area contributed by atoms with E-state index in [0.29, 0.717) is 11.3 Å². The molecule has 0 aliphatic rings. The Morgan fingerprint density at radius 2 is 1.62 bits per heavy atom. The van der Waals surface area contributed by atoms with Crippen molar-refractivity contribution in [2.24, 2.45) is 0 Å². The van der Waals surface area contributed by atoms with Crippen molar-refractivity contribution >= 4 is 23.8 Å². The molecule has 0 spiro atoms. The maximum Gasteiger partial charge on any atom is 0.339 e. The van der Waals surface area contributed by atoms with Crippen molar-refractivity contribution in [2.75, 3.05) is 0 Å². The van der Waals surface area contributed by atoms with Gasteiger partial charge in [-0.2, -0.15) is 0 Å². The molecule has 0 bridgehead atoms. The highest BCUT2D eigenvalue weighted by Crippen LogP contribution is 2.24. The van der Waals surface area contributed by atoms with E-state index >= 15 is 0 Å². The number of hydrogen-bond donors (Lipinski definition) is 0. The maximum atomic E-state index is 12.2. The number of benzene rings is 3. The second kappa shape index (κ2) is 9.07. The molecule has 3 aromatic rings. The molecule has 0 fully saturated rings. The predicted molar refractivity (Wildman–Crippen MR) is 108 cm³/mol. The van der Waals surface area contributed by atoms with E-state index in [4.69, 9.17) is 4.74 Å². The van der Waals surface area contributed by atoms with E-state index in [1.165, 1.54) is 10.5 Å². The number of hydrogen-bond acceptors (Lipinski definition) is 3. The first kappa shape index (κ1) is 18.0. The average molecular weight is 360 g/mol. The van der Waals surface area contributed by atoms with E-state index in [9.17, 15) is 4.79 Å². The molecule has 130 valence electrons. The van der Waals surface area contributed by atoms with Crippen LogP contribution in [-0.4, -0.2) is 5.97 Å². The first-order chi connectivity index (χ1) is 12.7. The minimum absolute atomic E-state index is 0.335. The quantitative estimate of drug-likeness (QED) is 0.234. The van der Waals surface area contributed by atoms with Gasteiger partial charge in [-0.1, -0.05) is 60.7 Å². The number of para-hydroxylation sites is 1. The van der Waals surface area contributed by atoms with Crippen molar-refractivity contribution in [1.82, 2.24) is 0 Å². The van der Waals surface area contributed by atoms with Crippen molar-refractivity contribution in [1.29, 1.82) is 0 Å². The van der Waals surface area contributed by atoms with Crippen LogP contribution in [0.25, 0.3) is 6.08 Å². The molecule has 0 heterocycles. The molecule has 3 rings (SSSR count). The van der Waals surface area contributed by atoms with Gasteiger partial charge in [0.15, 0.2) is 0 Å². The summed E-state index contributed by atoms with van der Waals surface area (Å²) in [5.41, 5.74) is 2.85. The molecule has 0 aromatic heterocycles. The van der Waals surface area contributed by atoms with Crippen LogP contribution < -0.4 is 4.74 Å². The lowest BCUT2D eigenvalue weighted by Gasteiger charge is -2.06. The summed E-state index contributed by atoms with van der Waals surface area (Å²) >= 11 is 1.78. The Kier molecular flexibility index (Phi) is 6.29. The number of carbonyl (C=O) groups is 1. The minimum atomic E-state index is -0.335. The van der Waals surface area contributed by atoms with E-state index in [1.54, 1.807) is 30.8 Å². The Balaban J connectivity index is 1.65. The molecule has 0 aliphatic heterocycles. The summed E-state index contributed by atoms with van der Waals surface area (Å²) in [6.45, 7) is 1.77. The first-order valence-electron chi connectivity index (χ1n) is 8.43. The van der Waals surface area contributed by atoms with Gasteiger partial charge in [-0.25, -0.2) is 4.79 Å². The molecule has 0 amide bonds. The third-order valence-corrected chi connectivity index (χ3v) is 4.83. The third kappa shape index (κ3) is 5.36. The van der Waals surface area contributed by atoms with Crippen LogP contribution in [0.15, 0.2) is 95.4 Å². The summed E-state index contributed by atoms with van der Waals surface area (Å²) in [6.07, 6.45) is 1.86. The van der Waals surface area contributed by atoms with Crippen LogP contribution in [0.2, 0.25) is 0 Å². The van der Waals surface area contributed by atoms with E-state index in [1.807, 2.05) is 42.5 Å². The summed E-state index contributed by atoms with van der Waals surface area (Å²) in [5, 5.41) is 0. The lowest BCUT2D eigenvalue weighted by Crippen LogP contribution is -2.08. The summed E-state index contributed by atoms with van der Waals surface area (Å²) in [7, 11) is 0. The third-order valence-electron chi connectivity index (χ3n) is 3.77. The van der Waals surface area contributed by atoms with Crippen LogP contribution in [0.5, 0.6) is 5.75 Å². The molecule has 0 saturated heterocycles. The second-order valence-electron chi connectivity index (χ2n) is 5.88. The van der Waals surface area contributed by atoms with Gasteiger partial charge >= 0.3 is 5.97 Å². The minimum Gasteiger partial charge on any atom is -0.423 e. The summed E-state index contributed by atoms with van der Waals surface area (Å²) in [4.78, 5) is 13.4. The highest BCUT2D eigenvalue weighted by atomic mass is 32.2. The molecule has 0 radical (unpaired) electrons. The van der Waals surface area contributed by atoms with Crippen molar-refractivity contribution in [2.45, 2.75) is 17.6 Å². The second-order valence-corrected chi connectivity index (χ2v) is 6.93. The number of esters is 1. The topological polar surface area (TPSA) is 26.3 Å². The van der Waals surface area contributed by atoms with Crippen molar-refractivity contribution in [3.63, 3.8) is 0 Å². The molecule has 2 nitrogen and oxygen atoms in total. The molecule has 0 aliphatic carbocycles. The zero-order valence-corrected chi connectivity index (χ0v) is 15.4. The molecule has 0 unspecified atom stereocenters. The van der Waals surface area contributed by atoms with E-state index in [2.05, 4.69) is 36.4 Å². The zero-order chi connectivity index (χ0) is 18.2. The molecule has 0 atom stereocenters. The number of ether oxygens (including phenoxy) is 1. The predicted octanol–water partition coefficient (Wildman–Crippen LogP) is 5.99. The van der Waals surface area contributed by atoms with E-state index in [-0.39, 0.29) is 5.97 Å². The SMILES string of the molecule is CC(=Cc1cccc(SCc2ccccc2)c1)C(=O)Oc1ccccc1. The van der Waals surface area contributed by atoms with Gasteiger partial charge in [0.2, 0.25) is 0 Å². The van der Waals surface area contributed by atoms with Crippen LogP contribution in [0.1, 0.15) is 18.1 Å². The van der Waals surface area contributed by atoms with Crippen LogP contribution >= 0.6 is 11.8 Å². The van der Waals surface area contributed by atoms with Crippen LogP contribution in [0.4, 0.5) is 0 Å². The normalized spacial score (nSPS) is 11.2. The fraction of sp³-hybridized carbons (Fsp3) is 0.0870. The number of rotatable bonds is 6. The zero-order valence-electron chi connectivity index (χ0n) is 14.6. The highest BCUT2D eigenvalue weighted by Gasteiger charge is 2.07. The standard InChI is InChI=1S/C23H20O2S/c1-18(23(24)25-21-12-6-3-7-13-21)15-20-11-8-14-22(16-20)26-17-19-9-4-2-5-10-19/h2-16H,17H2,1H3. The average Bonchev–Trinajstić information content (AvgIpc) is 2.68. The molecular weight excluding hydrogens is 340 g/mol. The van der Waals surface area contributed by atoms with Crippen molar-refractivity contribution < 1.29 is 9.53 Å². The molecule has 3 aromatic carbocycles. The highest BCUT2D eigenvalue weighted by molar-refractivity contribution is 7.98. The van der Waals surface area contributed by atoms with E-state index in [0.717, 1.165) is 11.3 Å². The smallest absolute Gasteiger partial charge is 0.339 e. The van der Waals surface area contributed by atoms with Crippen molar-refractivity contribution in [3.05, 3.63) is 102 Å². The summed E-state index contributed by atoms with van der Waals surface area (Å²) in [5.74, 6) is 1.14. The number of carbonyl (C=O) groups excluding carboxylic acids is 1. The Morgan fingerprint density at radius 3 is 2.35 bits per heavy atom. The molecule has 3 heteroatoms. The summed E-state index contributed by atoms with van der Waals surface area (Å²) in [6, 6.07) is 27.7. The van der Waals surface area contributed by atoms with Gasteiger partial charge in [0.1, 0.15) is 5.75 Å². The van der Waals surface area contributed by atoms with Crippen LogP contribution in [0.3, 0.4) is 0 Å². The molecule has 26 heavy (non-hydrogen) atoms. The Labute approximate surface area is 158 Å². The van der Waals surface area contributed by atoms with Gasteiger partial charge in [-0.15, -0.1) is 11.8 Å². The Hall–Kier alpha value is -2.78. The largest absolute Gasteiger partial charge is 0.423 e.